The predicted molar refractivity (Wildman–Crippen MR) is 89.6 cm³/mol. The fraction of sp³-hybridized carbons (Fsp3) is 0.529. The van der Waals surface area contributed by atoms with Crippen LogP contribution in [0.15, 0.2) is 18.2 Å². The summed E-state index contributed by atoms with van der Waals surface area (Å²) < 4.78 is 21.3. The molecule has 0 radical (unpaired) electrons. The second-order valence-corrected chi connectivity index (χ2v) is 5.83. The van der Waals surface area contributed by atoms with E-state index in [9.17, 15) is 9.90 Å². The van der Waals surface area contributed by atoms with Gasteiger partial charge in [0.1, 0.15) is 29.8 Å². The Morgan fingerprint density at radius 2 is 1.81 bits per heavy atom. The van der Waals surface area contributed by atoms with Gasteiger partial charge in [0.15, 0.2) is 0 Å². The molecule has 2 aliphatic heterocycles. The molecule has 2 aliphatic rings. The molecule has 144 valence electrons. The Hall–Kier alpha value is -2.36. The molecule has 0 bridgehead atoms. The number of carboxylic acid groups (broad SMARTS) is 1. The van der Waals surface area contributed by atoms with E-state index in [1.54, 1.807) is 25.3 Å². The molecular weight excluding hydrogens is 346 g/mol. The topological polar surface area (TPSA) is 124 Å². The van der Waals surface area contributed by atoms with Crippen molar-refractivity contribution in [1.29, 1.82) is 0 Å². The lowest BCUT2D eigenvalue weighted by molar-refractivity contribution is -0.134. The van der Waals surface area contributed by atoms with Crippen molar-refractivity contribution in [2.75, 3.05) is 27.4 Å². The third-order valence-corrected chi connectivity index (χ3v) is 4.00. The minimum absolute atomic E-state index is 0.230. The number of nitrogens with one attached hydrogen (secondary N) is 1. The molecule has 0 saturated carbocycles. The van der Waals surface area contributed by atoms with Crippen molar-refractivity contribution in [3.8, 4) is 11.5 Å². The maximum atomic E-state index is 12.4. The van der Waals surface area contributed by atoms with Crippen LogP contribution in [0.5, 0.6) is 11.5 Å². The number of aliphatic hydroxyl groups excluding tert-OH is 1. The molecule has 0 unspecified atom stereocenters. The number of aliphatic carboxylic acids is 1. The van der Waals surface area contributed by atoms with Crippen molar-refractivity contribution in [2.24, 2.45) is 0 Å². The summed E-state index contributed by atoms with van der Waals surface area (Å²) in [6, 6.07) is 4.70. The van der Waals surface area contributed by atoms with Crippen LogP contribution in [0.25, 0.3) is 0 Å². The highest BCUT2D eigenvalue weighted by molar-refractivity contribution is 5.97. The van der Waals surface area contributed by atoms with Crippen molar-refractivity contribution in [2.45, 2.75) is 31.3 Å². The summed E-state index contributed by atoms with van der Waals surface area (Å²) >= 11 is 0. The fourth-order valence-corrected chi connectivity index (χ4v) is 2.84. The average molecular weight is 369 g/mol. The van der Waals surface area contributed by atoms with E-state index in [0.29, 0.717) is 23.7 Å². The van der Waals surface area contributed by atoms with E-state index in [0.717, 1.165) is 6.92 Å². The first-order chi connectivity index (χ1) is 12.4. The van der Waals surface area contributed by atoms with E-state index in [1.165, 1.54) is 7.11 Å². The monoisotopic (exact) mass is 369 g/mol. The van der Waals surface area contributed by atoms with Crippen LogP contribution >= 0.6 is 0 Å². The lowest BCUT2D eigenvalue weighted by Crippen LogP contribution is -2.44. The number of amides is 1. The number of fused-ring (bicyclic) bond motifs is 1. The van der Waals surface area contributed by atoms with Crippen molar-refractivity contribution in [3.05, 3.63) is 23.8 Å². The van der Waals surface area contributed by atoms with Gasteiger partial charge < -0.3 is 34.5 Å². The lowest BCUT2D eigenvalue weighted by atomic mass is 10.1. The molecule has 2 fully saturated rings. The van der Waals surface area contributed by atoms with Crippen LogP contribution in [-0.4, -0.2) is 73.9 Å². The highest BCUT2D eigenvalue weighted by atomic mass is 16.6. The molecule has 0 aliphatic carbocycles. The van der Waals surface area contributed by atoms with Crippen LogP contribution < -0.4 is 14.8 Å². The van der Waals surface area contributed by atoms with Crippen molar-refractivity contribution < 1.29 is 38.7 Å². The van der Waals surface area contributed by atoms with Crippen LogP contribution in [0.3, 0.4) is 0 Å². The Labute approximate surface area is 150 Å². The molecule has 0 spiro atoms. The number of methoxy groups -OCH3 is 2. The number of ether oxygens (including phenoxy) is 4. The standard InChI is InChI=1S/C15H19NO6.C2H4O2/c1-19-8-3-4-9(12(5-8)20-2)15(18)16-10-6-21-14-11(17)7-22-13(10)14;1-2(3)4/h3-5,10-11,13-14,17H,6-7H2,1-2H3,(H,16,18);1H3,(H,3,4)/t10-,11-,13-,14-;/m1./s1. The first kappa shape index (κ1) is 20.0. The Balaban J connectivity index is 0.000000552. The number of aliphatic hydroxyl groups is 1. The molecule has 4 atom stereocenters. The minimum Gasteiger partial charge on any atom is -0.497 e. The molecule has 2 heterocycles. The zero-order chi connectivity index (χ0) is 19.3. The molecule has 1 aromatic rings. The van der Waals surface area contributed by atoms with Gasteiger partial charge in [0.2, 0.25) is 0 Å². The van der Waals surface area contributed by atoms with Crippen LogP contribution in [0.4, 0.5) is 0 Å². The first-order valence-electron chi connectivity index (χ1n) is 8.01. The van der Waals surface area contributed by atoms with Gasteiger partial charge in [0.25, 0.3) is 11.9 Å². The van der Waals surface area contributed by atoms with Crippen molar-refractivity contribution in [3.63, 3.8) is 0 Å². The summed E-state index contributed by atoms with van der Waals surface area (Å²) in [6.45, 7) is 1.63. The highest BCUT2D eigenvalue weighted by Gasteiger charge is 2.47. The van der Waals surface area contributed by atoms with Gasteiger partial charge in [-0.1, -0.05) is 0 Å². The predicted octanol–water partition coefficient (Wildman–Crippen LogP) is 0.0516. The molecule has 3 N–H and O–H groups in total. The van der Waals surface area contributed by atoms with Crippen LogP contribution in [0.2, 0.25) is 0 Å². The van der Waals surface area contributed by atoms with E-state index in [2.05, 4.69) is 5.32 Å². The molecule has 1 aromatic carbocycles. The quantitative estimate of drug-likeness (QED) is 0.680. The second kappa shape index (κ2) is 8.84. The molecule has 26 heavy (non-hydrogen) atoms. The normalized spacial score (nSPS) is 26.3. The van der Waals surface area contributed by atoms with Gasteiger partial charge in [-0.2, -0.15) is 0 Å². The van der Waals surface area contributed by atoms with Gasteiger partial charge >= 0.3 is 0 Å². The summed E-state index contributed by atoms with van der Waals surface area (Å²) in [5, 5.41) is 20.0. The Morgan fingerprint density at radius 3 is 2.42 bits per heavy atom. The smallest absolute Gasteiger partial charge is 0.300 e. The zero-order valence-electron chi connectivity index (χ0n) is 14.8. The molecule has 2 saturated heterocycles. The number of carbonyl (C=O) groups excluding carboxylic acids is 1. The van der Waals surface area contributed by atoms with E-state index in [4.69, 9.17) is 28.8 Å². The van der Waals surface area contributed by atoms with E-state index in [-0.39, 0.29) is 30.8 Å². The third kappa shape index (κ3) is 4.63. The van der Waals surface area contributed by atoms with Gasteiger partial charge in [-0.15, -0.1) is 0 Å². The number of carbonyl (C=O) groups is 2. The number of hydrogen-bond donors (Lipinski definition) is 3. The van der Waals surface area contributed by atoms with Crippen LogP contribution in [-0.2, 0) is 14.3 Å². The Bertz CT molecular complexity index is 646. The number of benzene rings is 1. The molecule has 9 heteroatoms. The van der Waals surface area contributed by atoms with Gasteiger partial charge in [-0.05, 0) is 12.1 Å². The van der Waals surface area contributed by atoms with E-state index >= 15 is 0 Å². The van der Waals surface area contributed by atoms with Crippen molar-refractivity contribution >= 4 is 11.9 Å². The Morgan fingerprint density at radius 1 is 1.15 bits per heavy atom. The van der Waals surface area contributed by atoms with E-state index < -0.39 is 12.1 Å². The third-order valence-electron chi connectivity index (χ3n) is 4.00. The average Bonchev–Trinajstić information content (AvgIpc) is 3.17. The van der Waals surface area contributed by atoms with Crippen molar-refractivity contribution in [1.82, 2.24) is 5.32 Å². The zero-order valence-corrected chi connectivity index (χ0v) is 14.8. The molecule has 9 nitrogen and oxygen atoms in total. The van der Waals surface area contributed by atoms with Crippen LogP contribution in [0, 0.1) is 0 Å². The lowest BCUT2D eigenvalue weighted by Gasteiger charge is -2.18. The minimum atomic E-state index is -0.833. The maximum absolute atomic E-state index is 12.4. The largest absolute Gasteiger partial charge is 0.497 e. The number of hydrogen-bond acceptors (Lipinski definition) is 7. The van der Waals surface area contributed by atoms with Gasteiger partial charge in [-0.25, -0.2) is 0 Å². The number of carboxylic acids is 1. The molecular formula is C17H23NO8. The Kier molecular flexibility index (Phi) is 6.78. The van der Waals surface area contributed by atoms with E-state index in [1.807, 2.05) is 0 Å². The summed E-state index contributed by atoms with van der Waals surface area (Å²) in [7, 11) is 3.05. The summed E-state index contributed by atoms with van der Waals surface area (Å²) in [6.07, 6.45) is -1.33. The summed E-state index contributed by atoms with van der Waals surface area (Å²) in [5.74, 6) is -0.0710. The van der Waals surface area contributed by atoms with Gasteiger partial charge in [0.05, 0.1) is 39.0 Å². The number of rotatable bonds is 4. The molecule has 0 aromatic heterocycles. The molecule has 1 amide bonds. The second-order valence-electron chi connectivity index (χ2n) is 5.83. The van der Waals surface area contributed by atoms with Gasteiger partial charge in [0, 0.05) is 13.0 Å². The fourth-order valence-electron chi connectivity index (χ4n) is 2.84. The first-order valence-corrected chi connectivity index (χ1v) is 8.01. The SMILES string of the molecule is CC(=O)O.COc1ccc(C(=O)N[C@@H]2CO[C@H]3[C@@H]2OC[C@H]3O)c(OC)c1. The maximum Gasteiger partial charge on any atom is 0.300 e. The summed E-state index contributed by atoms with van der Waals surface area (Å²) in [4.78, 5) is 21.4. The molecule has 3 rings (SSSR count). The highest BCUT2D eigenvalue weighted by Crippen LogP contribution is 2.28. The van der Waals surface area contributed by atoms with Crippen LogP contribution in [0.1, 0.15) is 17.3 Å². The summed E-state index contributed by atoms with van der Waals surface area (Å²) in [5.41, 5.74) is 0.408. The van der Waals surface area contributed by atoms with Gasteiger partial charge in [-0.3, -0.25) is 9.59 Å².